The SMILES string of the molecule is CC1CCC(CO)(NC(=O)NCc2ccccc2)CC1. The lowest BCUT2D eigenvalue weighted by Crippen LogP contribution is -2.55. The summed E-state index contributed by atoms with van der Waals surface area (Å²) in [5, 5.41) is 15.4. The molecule has 4 nitrogen and oxygen atoms in total. The van der Waals surface area contributed by atoms with Gasteiger partial charge in [0.2, 0.25) is 0 Å². The Kier molecular flexibility index (Phi) is 5.01. The van der Waals surface area contributed by atoms with Crippen molar-refractivity contribution < 1.29 is 9.90 Å². The average Bonchev–Trinajstić information content (AvgIpc) is 2.49. The highest BCUT2D eigenvalue weighted by molar-refractivity contribution is 5.74. The number of rotatable bonds is 4. The first-order valence-corrected chi connectivity index (χ1v) is 7.34. The molecule has 2 rings (SSSR count). The lowest BCUT2D eigenvalue weighted by Gasteiger charge is -2.38. The lowest BCUT2D eigenvalue weighted by atomic mass is 9.77. The Morgan fingerprint density at radius 1 is 1.30 bits per heavy atom. The summed E-state index contributed by atoms with van der Waals surface area (Å²) >= 11 is 0. The molecule has 0 aliphatic heterocycles. The van der Waals surface area contributed by atoms with Gasteiger partial charge in [-0.25, -0.2) is 4.79 Å². The number of nitrogens with one attached hydrogen (secondary N) is 2. The van der Waals surface area contributed by atoms with Crippen molar-refractivity contribution in [1.82, 2.24) is 10.6 Å². The normalized spacial score (nSPS) is 26.0. The third kappa shape index (κ3) is 3.97. The maximum absolute atomic E-state index is 12.0. The molecule has 110 valence electrons. The van der Waals surface area contributed by atoms with Gasteiger partial charge in [0, 0.05) is 6.54 Å². The minimum Gasteiger partial charge on any atom is -0.394 e. The number of urea groups is 1. The fourth-order valence-corrected chi connectivity index (χ4v) is 2.70. The van der Waals surface area contributed by atoms with Crippen LogP contribution in [0.2, 0.25) is 0 Å². The molecule has 1 aliphatic carbocycles. The van der Waals surface area contributed by atoms with Crippen molar-refractivity contribution in [2.75, 3.05) is 6.61 Å². The number of amides is 2. The average molecular weight is 276 g/mol. The summed E-state index contributed by atoms with van der Waals surface area (Å²) in [5.41, 5.74) is 0.630. The summed E-state index contributed by atoms with van der Waals surface area (Å²) < 4.78 is 0. The molecular formula is C16H24N2O2. The van der Waals surface area contributed by atoms with E-state index >= 15 is 0 Å². The molecular weight excluding hydrogens is 252 g/mol. The Hall–Kier alpha value is -1.55. The summed E-state index contributed by atoms with van der Waals surface area (Å²) in [4.78, 5) is 12.0. The van der Waals surface area contributed by atoms with Gasteiger partial charge in [-0.15, -0.1) is 0 Å². The second-order valence-corrected chi connectivity index (χ2v) is 5.91. The van der Waals surface area contributed by atoms with Gasteiger partial charge in [0.05, 0.1) is 12.1 Å². The molecule has 4 heteroatoms. The molecule has 0 bridgehead atoms. The predicted octanol–water partition coefficient (Wildman–Crippen LogP) is 2.43. The van der Waals surface area contributed by atoms with Gasteiger partial charge in [-0.3, -0.25) is 0 Å². The molecule has 0 spiro atoms. The monoisotopic (exact) mass is 276 g/mol. The van der Waals surface area contributed by atoms with Gasteiger partial charge in [-0.1, -0.05) is 37.3 Å². The molecule has 0 radical (unpaired) electrons. The van der Waals surface area contributed by atoms with E-state index < -0.39 is 5.54 Å². The van der Waals surface area contributed by atoms with Crippen molar-refractivity contribution in [3.05, 3.63) is 35.9 Å². The van der Waals surface area contributed by atoms with Gasteiger partial charge in [-0.05, 0) is 37.2 Å². The molecule has 1 aliphatic rings. The zero-order valence-corrected chi connectivity index (χ0v) is 12.1. The summed E-state index contributed by atoms with van der Waals surface area (Å²) in [6, 6.07) is 9.61. The smallest absolute Gasteiger partial charge is 0.315 e. The Bertz CT molecular complexity index is 425. The zero-order chi connectivity index (χ0) is 14.4. The van der Waals surface area contributed by atoms with E-state index in [1.54, 1.807) is 0 Å². The largest absolute Gasteiger partial charge is 0.394 e. The van der Waals surface area contributed by atoms with Gasteiger partial charge in [0.1, 0.15) is 0 Å². The number of carbonyl (C=O) groups excluding carboxylic acids is 1. The van der Waals surface area contributed by atoms with Crippen LogP contribution in [0.15, 0.2) is 30.3 Å². The van der Waals surface area contributed by atoms with E-state index in [4.69, 9.17) is 0 Å². The standard InChI is InChI=1S/C16H24N2O2/c1-13-7-9-16(12-19,10-8-13)18-15(20)17-11-14-5-3-2-4-6-14/h2-6,13,19H,7-12H2,1H3,(H2,17,18,20). The van der Waals surface area contributed by atoms with Crippen LogP contribution in [0.4, 0.5) is 4.79 Å². The van der Waals surface area contributed by atoms with Gasteiger partial charge in [0.15, 0.2) is 0 Å². The Morgan fingerprint density at radius 2 is 1.95 bits per heavy atom. The first-order valence-electron chi connectivity index (χ1n) is 7.34. The number of hydrogen-bond donors (Lipinski definition) is 3. The summed E-state index contributed by atoms with van der Waals surface area (Å²) in [6.07, 6.45) is 3.81. The number of aliphatic hydroxyl groups excluding tert-OH is 1. The number of benzene rings is 1. The predicted molar refractivity (Wildman–Crippen MR) is 79.3 cm³/mol. The van der Waals surface area contributed by atoms with Crippen molar-refractivity contribution in [3.8, 4) is 0 Å². The minimum atomic E-state index is -0.437. The third-order valence-corrected chi connectivity index (χ3v) is 4.21. The van der Waals surface area contributed by atoms with E-state index in [1.807, 2.05) is 30.3 Å². The minimum absolute atomic E-state index is 0.0124. The van der Waals surface area contributed by atoms with Gasteiger partial charge < -0.3 is 15.7 Å². The third-order valence-electron chi connectivity index (χ3n) is 4.21. The summed E-state index contributed by atoms with van der Waals surface area (Å²) in [6.45, 7) is 2.74. The number of aliphatic hydroxyl groups is 1. The van der Waals surface area contributed by atoms with Crippen LogP contribution >= 0.6 is 0 Å². The van der Waals surface area contributed by atoms with Crippen LogP contribution in [-0.4, -0.2) is 23.3 Å². The fourth-order valence-electron chi connectivity index (χ4n) is 2.70. The van der Waals surface area contributed by atoms with Gasteiger partial charge in [0.25, 0.3) is 0 Å². The van der Waals surface area contributed by atoms with Crippen LogP contribution in [0.1, 0.15) is 38.2 Å². The van der Waals surface area contributed by atoms with E-state index in [1.165, 1.54) is 0 Å². The first kappa shape index (κ1) is 14.9. The van der Waals surface area contributed by atoms with Crippen LogP contribution in [0, 0.1) is 5.92 Å². The summed E-state index contributed by atoms with van der Waals surface area (Å²) in [5.74, 6) is 0.684. The van der Waals surface area contributed by atoms with Crippen molar-refractivity contribution in [2.24, 2.45) is 5.92 Å². The zero-order valence-electron chi connectivity index (χ0n) is 12.1. The van der Waals surface area contributed by atoms with Crippen molar-refractivity contribution >= 4 is 6.03 Å². The highest BCUT2D eigenvalue weighted by Gasteiger charge is 2.34. The fraction of sp³-hybridized carbons (Fsp3) is 0.562. The van der Waals surface area contributed by atoms with E-state index in [2.05, 4.69) is 17.6 Å². The molecule has 0 atom stereocenters. The van der Waals surface area contributed by atoms with E-state index in [9.17, 15) is 9.90 Å². The second kappa shape index (κ2) is 6.75. The molecule has 1 fully saturated rings. The number of carbonyl (C=O) groups is 1. The van der Waals surface area contributed by atoms with E-state index in [0.717, 1.165) is 31.2 Å². The molecule has 0 heterocycles. The summed E-state index contributed by atoms with van der Waals surface area (Å²) in [7, 11) is 0. The number of hydrogen-bond acceptors (Lipinski definition) is 2. The second-order valence-electron chi connectivity index (χ2n) is 5.91. The maximum atomic E-state index is 12.0. The molecule has 0 saturated heterocycles. The van der Waals surface area contributed by atoms with Crippen molar-refractivity contribution in [2.45, 2.75) is 44.7 Å². The quantitative estimate of drug-likeness (QED) is 0.791. The Balaban J connectivity index is 1.83. The van der Waals surface area contributed by atoms with Crippen molar-refractivity contribution in [3.63, 3.8) is 0 Å². The Morgan fingerprint density at radius 3 is 2.55 bits per heavy atom. The van der Waals surface area contributed by atoms with E-state index in [0.29, 0.717) is 12.5 Å². The molecule has 1 saturated carbocycles. The van der Waals surface area contributed by atoms with Crippen LogP contribution < -0.4 is 10.6 Å². The van der Waals surface area contributed by atoms with Crippen LogP contribution in [-0.2, 0) is 6.54 Å². The van der Waals surface area contributed by atoms with Crippen LogP contribution in [0.3, 0.4) is 0 Å². The lowest BCUT2D eigenvalue weighted by molar-refractivity contribution is 0.111. The first-order chi connectivity index (χ1) is 9.63. The van der Waals surface area contributed by atoms with Gasteiger partial charge in [-0.2, -0.15) is 0 Å². The molecule has 3 N–H and O–H groups in total. The molecule has 20 heavy (non-hydrogen) atoms. The molecule has 1 aromatic carbocycles. The molecule has 0 unspecified atom stereocenters. The topological polar surface area (TPSA) is 61.4 Å². The molecule has 1 aromatic rings. The highest BCUT2D eigenvalue weighted by atomic mass is 16.3. The Labute approximate surface area is 120 Å². The maximum Gasteiger partial charge on any atom is 0.315 e. The highest BCUT2D eigenvalue weighted by Crippen LogP contribution is 2.31. The van der Waals surface area contributed by atoms with E-state index in [-0.39, 0.29) is 12.6 Å². The van der Waals surface area contributed by atoms with Crippen LogP contribution in [0.5, 0.6) is 0 Å². The van der Waals surface area contributed by atoms with Crippen molar-refractivity contribution in [1.29, 1.82) is 0 Å². The molecule has 0 aromatic heterocycles. The van der Waals surface area contributed by atoms with Crippen LogP contribution in [0.25, 0.3) is 0 Å². The van der Waals surface area contributed by atoms with Gasteiger partial charge >= 0.3 is 6.03 Å². The molecule has 2 amide bonds.